The molecule has 1 aliphatic rings. The Morgan fingerprint density at radius 3 is 2.42 bits per heavy atom. The maximum Gasteiger partial charge on any atom is 0.244 e. The van der Waals surface area contributed by atoms with Gasteiger partial charge in [0.05, 0.1) is 4.90 Å². The van der Waals surface area contributed by atoms with E-state index in [1.165, 1.54) is 4.31 Å². The van der Waals surface area contributed by atoms with Gasteiger partial charge in [0, 0.05) is 12.6 Å². The minimum absolute atomic E-state index is 0.291. The molecule has 2 heterocycles. The van der Waals surface area contributed by atoms with Crippen LogP contribution in [0, 0.1) is 27.7 Å². The highest BCUT2D eigenvalue weighted by Crippen LogP contribution is 2.31. The number of amides is 1. The monoisotopic (exact) mass is 377 g/mol. The molecule has 1 N–H and O–H groups in total. The smallest absolute Gasteiger partial charge is 0.244 e. The van der Waals surface area contributed by atoms with Crippen LogP contribution in [0.4, 0.5) is 5.82 Å². The highest BCUT2D eigenvalue weighted by molar-refractivity contribution is 7.89. The number of sulfonamides is 1. The third-order valence-corrected chi connectivity index (χ3v) is 6.77. The van der Waals surface area contributed by atoms with E-state index in [-0.39, 0.29) is 5.91 Å². The Bertz CT molecular complexity index is 926. The van der Waals surface area contributed by atoms with Crippen LogP contribution in [0.1, 0.15) is 35.3 Å². The molecular weight excluding hydrogens is 354 g/mol. The van der Waals surface area contributed by atoms with E-state index in [1.54, 1.807) is 26.8 Å². The summed E-state index contributed by atoms with van der Waals surface area (Å²) in [5, 5.41) is 6.38. The van der Waals surface area contributed by atoms with Crippen LogP contribution in [0.5, 0.6) is 0 Å². The number of aromatic nitrogens is 1. The lowest BCUT2D eigenvalue weighted by Crippen LogP contribution is -2.43. The number of carbonyl (C=O) groups excluding carboxylic acids is 1. The molecule has 1 saturated heterocycles. The molecule has 0 radical (unpaired) electrons. The number of benzene rings is 1. The van der Waals surface area contributed by atoms with Gasteiger partial charge in [0.1, 0.15) is 11.8 Å². The van der Waals surface area contributed by atoms with Crippen molar-refractivity contribution in [1.82, 2.24) is 9.46 Å². The summed E-state index contributed by atoms with van der Waals surface area (Å²) in [6.07, 6.45) is 1.12. The van der Waals surface area contributed by atoms with Crippen LogP contribution in [-0.2, 0) is 14.8 Å². The predicted molar refractivity (Wildman–Crippen MR) is 97.4 cm³/mol. The molecule has 1 atom stereocenters. The standard InChI is InChI=1S/C18H23N3O4S/c1-11-8-12(2)17(13(3)9-11)26(23,24)21-7-5-6-15(21)18(22)19-16-10-14(4)25-20-16/h8-10,15H,5-7H2,1-4H3,(H,19,20,22)/t15-/m1/s1. The number of rotatable bonds is 4. The SMILES string of the molecule is Cc1cc(C)c(S(=O)(=O)N2CCC[C@@H]2C(=O)Nc2cc(C)on2)c(C)c1. The van der Waals surface area contributed by atoms with Gasteiger partial charge in [-0.25, -0.2) is 8.42 Å². The highest BCUT2D eigenvalue weighted by atomic mass is 32.2. The molecule has 1 aromatic carbocycles. The van der Waals surface area contributed by atoms with Gasteiger partial charge < -0.3 is 9.84 Å². The molecule has 0 spiro atoms. The third kappa shape index (κ3) is 3.39. The summed E-state index contributed by atoms with van der Waals surface area (Å²) in [6.45, 7) is 7.55. The summed E-state index contributed by atoms with van der Waals surface area (Å²) in [7, 11) is -3.77. The lowest BCUT2D eigenvalue weighted by atomic mass is 10.1. The molecule has 1 fully saturated rings. The van der Waals surface area contributed by atoms with Crippen molar-refractivity contribution in [3.8, 4) is 0 Å². The Kier molecular flexibility index (Phi) is 4.90. The zero-order valence-corrected chi connectivity index (χ0v) is 16.2. The Balaban J connectivity index is 1.90. The summed E-state index contributed by atoms with van der Waals surface area (Å²) in [5.74, 6) is 0.475. The van der Waals surface area contributed by atoms with E-state index >= 15 is 0 Å². The second-order valence-corrected chi connectivity index (χ2v) is 8.64. The van der Waals surface area contributed by atoms with Gasteiger partial charge in [0.15, 0.2) is 5.82 Å². The number of carbonyl (C=O) groups is 1. The summed E-state index contributed by atoms with van der Waals surface area (Å²) >= 11 is 0. The number of hydrogen-bond donors (Lipinski definition) is 1. The van der Waals surface area contributed by atoms with Crippen molar-refractivity contribution in [2.45, 2.75) is 51.5 Å². The van der Waals surface area contributed by atoms with Crippen LogP contribution < -0.4 is 5.32 Å². The predicted octanol–water partition coefficient (Wildman–Crippen LogP) is 2.70. The first-order valence-corrected chi connectivity index (χ1v) is 9.98. The van der Waals surface area contributed by atoms with E-state index < -0.39 is 16.1 Å². The van der Waals surface area contributed by atoms with Gasteiger partial charge in [-0.15, -0.1) is 0 Å². The van der Waals surface area contributed by atoms with Gasteiger partial charge in [-0.05, 0) is 51.7 Å². The molecule has 2 aromatic rings. The normalized spacial score (nSPS) is 18.2. The van der Waals surface area contributed by atoms with Gasteiger partial charge >= 0.3 is 0 Å². The van der Waals surface area contributed by atoms with Crippen LogP contribution in [-0.4, -0.2) is 36.4 Å². The number of aryl methyl sites for hydroxylation is 4. The first kappa shape index (κ1) is 18.6. The number of nitrogens with zero attached hydrogens (tertiary/aromatic N) is 2. The molecule has 0 aliphatic carbocycles. The zero-order chi connectivity index (χ0) is 19.1. The summed E-state index contributed by atoms with van der Waals surface area (Å²) in [5.41, 5.74) is 2.40. The average Bonchev–Trinajstić information content (AvgIpc) is 3.15. The Morgan fingerprint density at radius 2 is 1.85 bits per heavy atom. The third-order valence-electron chi connectivity index (χ3n) is 4.56. The molecule has 1 aliphatic heterocycles. The molecule has 8 heteroatoms. The van der Waals surface area contributed by atoms with Crippen molar-refractivity contribution in [3.05, 3.63) is 40.6 Å². The first-order valence-electron chi connectivity index (χ1n) is 8.54. The molecule has 140 valence electrons. The van der Waals surface area contributed by atoms with E-state index in [0.717, 1.165) is 5.56 Å². The molecule has 3 rings (SSSR count). The van der Waals surface area contributed by atoms with Crippen molar-refractivity contribution >= 4 is 21.7 Å². The molecular formula is C18H23N3O4S. The van der Waals surface area contributed by atoms with Crippen LogP contribution in [0.2, 0.25) is 0 Å². The van der Waals surface area contributed by atoms with Gasteiger partial charge in [0.2, 0.25) is 15.9 Å². The zero-order valence-electron chi connectivity index (χ0n) is 15.4. The van der Waals surface area contributed by atoms with E-state index in [2.05, 4.69) is 10.5 Å². The maximum absolute atomic E-state index is 13.3. The topological polar surface area (TPSA) is 92.5 Å². The minimum Gasteiger partial charge on any atom is -0.360 e. The largest absolute Gasteiger partial charge is 0.360 e. The fourth-order valence-corrected chi connectivity index (χ4v) is 5.69. The molecule has 7 nitrogen and oxygen atoms in total. The quantitative estimate of drug-likeness (QED) is 0.884. The fraction of sp³-hybridized carbons (Fsp3) is 0.444. The summed E-state index contributed by atoms with van der Waals surface area (Å²) in [6, 6.07) is 4.55. The Labute approximate surface area is 153 Å². The van der Waals surface area contributed by atoms with Gasteiger partial charge in [0.25, 0.3) is 0 Å². The lowest BCUT2D eigenvalue weighted by molar-refractivity contribution is -0.119. The van der Waals surface area contributed by atoms with Gasteiger partial charge in [-0.3, -0.25) is 4.79 Å². The Hall–Kier alpha value is -2.19. The van der Waals surface area contributed by atoms with E-state index in [1.807, 2.05) is 19.1 Å². The second-order valence-electron chi connectivity index (χ2n) is 6.81. The molecule has 1 aromatic heterocycles. The number of anilines is 1. The van der Waals surface area contributed by atoms with Crippen molar-refractivity contribution in [3.63, 3.8) is 0 Å². The number of nitrogens with one attached hydrogen (secondary N) is 1. The molecule has 0 unspecified atom stereocenters. The van der Waals surface area contributed by atoms with Crippen LogP contribution >= 0.6 is 0 Å². The van der Waals surface area contributed by atoms with Crippen molar-refractivity contribution in [1.29, 1.82) is 0 Å². The highest BCUT2D eigenvalue weighted by Gasteiger charge is 2.40. The fourth-order valence-electron chi connectivity index (χ4n) is 3.62. The lowest BCUT2D eigenvalue weighted by Gasteiger charge is -2.25. The Morgan fingerprint density at radius 1 is 1.19 bits per heavy atom. The molecule has 0 bridgehead atoms. The van der Waals surface area contributed by atoms with Crippen molar-refractivity contribution in [2.75, 3.05) is 11.9 Å². The molecule has 1 amide bonds. The first-order chi connectivity index (χ1) is 12.2. The van der Waals surface area contributed by atoms with Gasteiger partial charge in [-0.2, -0.15) is 4.31 Å². The average molecular weight is 377 g/mol. The van der Waals surface area contributed by atoms with Crippen LogP contribution in [0.3, 0.4) is 0 Å². The molecule has 26 heavy (non-hydrogen) atoms. The maximum atomic E-state index is 13.3. The second kappa shape index (κ2) is 6.85. The minimum atomic E-state index is -3.77. The van der Waals surface area contributed by atoms with E-state index in [0.29, 0.717) is 47.0 Å². The summed E-state index contributed by atoms with van der Waals surface area (Å²) in [4.78, 5) is 12.9. The van der Waals surface area contributed by atoms with Crippen molar-refractivity contribution in [2.24, 2.45) is 0 Å². The van der Waals surface area contributed by atoms with Crippen molar-refractivity contribution < 1.29 is 17.7 Å². The van der Waals surface area contributed by atoms with Gasteiger partial charge in [-0.1, -0.05) is 22.9 Å². The van der Waals surface area contributed by atoms with E-state index in [4.69, 9.17) is 4.52 Å². The molecule has 0 saturated carbocycles. The van der Waals surface area contributed by atoms with E-state index in [9.17, 15) is 13.2 Å². The number of hydrogen-bond acceptors (Lipinski definition) is 5. The van der Waals surface area contributed by atoms with Crippen LogP contribution in [0.15, 0.2) is 27.6 Å². The van der Waals surface area contributed by atoms with Crippen LogP contribution in [0.25, 0.3) is 0 Å². The summed E-state index contributed by atoms with van der Waals surface area (Å²) < 4.78 is 32.8.